The van der Waals surface area contributed by atoms with Crippen LogP contribution in [0.5, 0.6) is 0 Å². The number of ketones is 1. The quantitative estimate of drug-likeness (QED) is 0.468. The number of ether oxygens (including phenoxy) is 1. The van der Waals surface area contributed by atoms with Gasteiger partial charge in [0, 0.05) is 32.3 Å². The van der Waals surface area contributed by atoms with Crippen LogP contribution in [0.25, 0.3) is 0 Å². The molecule has 0 aliphatic carbocycles. The Labute approximate surface area is 199 Å². The zero-order chi connectivity index (χ0) is 25.1. The standard InChI is InChI=1S/C24H24F3N5O3/c1-32-14-20(30-31-32)21(33)12-23(10-11-35-15-23)22(34)28-13-16-6-8-17(9-7-16)29-19-5-3-2-4-18(19)24(25,26)27/h2-9,14,29H,10-13,15H2,1H3,(H,28,34)/t23-/m0/s1. The van der Waals surface area contributed by atoms with Crippen molar-refractivity contribution < 1.29 is 27.5 Å². The smallest absolute Gasteiger partial charge is 0.380 e. The summed E-state index contributed by atoms with van der Waals surface area (Å²) in [5, 5.41) is 13.2. The molecule has 35 heavy (non-hydrogen) atoms. The number of carbonyl (C=O) groups excluding carboxylic acids is 2. The summed E-state index contributed by atoms with van der Waals surface area (Å²) in [5.74, 6) is -0.582. The van der Waals surface area contributed by atoms with Crippen LogP contribution >= 0.6 is 0 Å². The summed E-state index contributed by atoms with van der Waals surface area (Å²) in [7, 11) is 1.65. The second kappa shape index (κ2) is 9.87. The van der Waals surface area contributed by atoms with Crippen molar-refractivity contribution in [1.82, 2.24) is 20.3 Å². The number of nitrogens with zero attached hydrogens (tertiary/aromatic N) is 3. The predicted octanol–water partition coefficient (Wildman–Crippen LogP) is 3.87. The molecule has 1 fully saturated rings. The molecule has 1 aromatic heterocycles. The molecule has 11 heteroatoms. The lowest BCUT2D eigenvalue weighted by molar-refractivity contribution is -0.137. The van der Waals surface area contributed by atoms with Crippen molar-refractivity contribution in [2.24, 2.45) is 12.5 Å². The van der Waals surface area contributed by atoms with Gasteiger partial charge in [0.1, 0.15) is 5.69 Å². The summed E-state index contributed by atoms with van der Waals surface area (Å²) >= 11 is 0. The molecule has 0 spiro atoms. The highest BCUT2D eigenvalue weighted by atomic mass is 19.4. The van der Waals surface area contributed by atoms with Gasteiger partial charge < -0.3 is 15.4 Å². The Morgan fingerprint density at radius 1 is 1.14 bits per heavy atom. The first-order chi connectivity index (χ1) is 16.7. The maximum absolute atomic E-state index is 13.2. The van der Waals surface area contributed by atoms with Gasteiger partial charge in [0.15, 0.2) is 5.78 Å². The van der Waals surface area contributed by atoms with Crippen molar-refractivity contribution >= 4 is 23.1 Å². The summed E-state index contributed by atoms with van der Waals surface area (Å²) in [6.45, 7) is 0.701. The van der Waals surface area contributed by atoms with Crippen molar-refractivity contribution in [3.63, 3.8) is 0 Å². The molecule has 2 N–H and O–H groups in total. The van der Waals surface area contributed by atoms with Crippen molar-refractivity contribution in [3.8, 4) is 0 Å². The highest BCUT2D eigenvalue weighted by molar-refractivity contribution is 5.98. The third-order valence-electron chi connectivity index (χ3n) is 5.89. The molecule has 0 unspecified atom stereocenters. The summed E-state index contributed by atoms with van der Waals surface area (Å²) in [6.07, 6.45) is -2.60. The molecule has 1 atom stereocenters. The number of amides is 1. The topological polar surface area (TPSA) is 98.1 Å². The first-order valence-electron chi connectivity index (χ1n) is 10.9. The van der Waals surface area contributed by atoms with Crippen LogP contribution < -0.4 is 10.6 Å². The maximum Gasteiger partial charge on any atom is 0.418 e. The van der Waals surface area contributed by atoms with E-state index in [1.54, 1.807) is 31.3 Å². The number of hydrogen-bond acceptors (Lipinski definition) is 6. The van der Waals surface area contributed by atoms with Gasteiger partial charge >= 0.3 is 6.18 Å². The molecule has 2 aromatic carbocycles. The Morgan fingerprint density at radius 2 is 1.89 bits per heavy atom. The fraction of sp³-hybridized carbons (Fsp3) is 0.333. The lowest BCUT2D eigenvalue weighted by Gasteiger charge is -2.25. The molecule has 1 aliphatic heterocycles. The molecule has 1 aliphatic rings. The fourth-order valence-corrected chi connectivity index (χ4v) is 3.95. The molecule has 1 saturated heterocycles. The number of hydrogen-bond donors (Lipinski definition) is 2. The van der Waals surface area contributed by atoms with E-state index in [9.17, 15) is 22.8 Å². The van der Waals surface area contributed by atoms with Gasteiger partial charge in [-0.15, -0.1) is 5.10 Å². The Hall–Kier alpha value is -3.73. The number of rotatable bonds is 8. The van der Waals surface area contributed by atoms with Gasteiger partial charge in [-0.2, -0.15) is 13.2 Å². The highest BCUT2D eigenvalue weighted by Crippen LogP contribution is 2.36. The van der Waals surface area contributed by atoms with Crippen LogP contribution in [0.3, 0.4) is 0 Å². The SMILES string of the molecule is Cn1cc(C(=O)C[C@@]2(C(=O)NCc3ccc(Nc4ccccc4C(F)(F)F)cc3)CCOC2)nn1. The third kappa shape index (κ3) is 5.68. The van der Waals surface area contributed by atoms with E-state index in [1.165, 1.54) is 29.1 Å². The van der Waals surface area contributed by atoms with E-state index in [2.05, 4.69) is 20.9 Å². The number of benzene rings is 2. The molecule has 2 heterocycles. The van der Waals surface area contributed by atoms with Gasteiger partial charge in [-0.3, -0.25) is 14.3 Å². The number of nitrogens with one attached hydrogen (secondary N) is 2. The van der Waals surface area contributed by atoms with Gasteiger partial charge in [-0.05, 0) is 36.2 Å². The molecule has 184 valence electrons. The highest BCUT2D eigenvalue weighted by Gasteiger charge is 2.44. The zero-order valence-electron chi connectivity index (χ0n) is 18.9. The van der Waals surface area contributed by atoms with Crippen molar-refractivity contribution in [1.29, 1.82) is 0 Å². The molecule has 4 rings (SSSR count). The second-order valence-corrected chi connectivity index (χ2v) is 8.51. The minimum absolute atomic E-state index is 0.0427. The number of Topliss-reactive ketones (excluding diaryl/α,β-unsaturated/α-hetero) is 1. The maximum atomic E-state index is 13.2. The number of para-hydroxylation sites is 1. The Balaban J connectivity index is 1.38. The predicted molar refractivity (Wildman–Crippen MR) is 121 cm³/mol. The summed E-state index contributed by atoms with van der Waals surface area (Å²) < 4.78 is 46.5. The number of alkyl halides is 3. The van der Waals surface area contributed by atoms with Gasteiger partial charge in [0.2, 0.25) is 5.91 Å². The first kappa shape index (κ1) is 24.4. The van der Waals surface area contributed by atoms with Gasteiger partial charge in [0.25, 0.3) is 0 Å². The molecule has 3 aromatic rings. The number of halogens is 3. The van der Waals surface area contributed by atoms with E-state index in [1.807, 2.05) is 0 Å². The van der Waals surface area contributed by atoms with E-state index < -0.39 is 17.2 Å². The lowest BCUT2D eigenvalue weighted by Crippen LogP contribution is -2.42. The molecular weight excluding hydrogens is 463 g/mol. The van der Waals surface area contributed by atoms with Crippen LogP contribution in [0.2, 0.25) is 0 Å². The number of anilines is 2. The summed E-state index contributed by atoms with van der Waals surface area (Å²) in [4.78, 5) is 25.7. The van der Waals surface area contributed by atoms with E-state index in [0.717, 1.165) is 11.6 Å². The van der Waals surface area contributed by atoms with Crippen LogP contribution in [0.15, 0.2) is 54.7 Å². The lowest BCUT2D eigenvalue weighted by atomic mass is 9.80. The van der Waals surface area contributed by atoms with Crippen molar-refractivity contribution in [2.45, 2.75) is 25.6 Å². The van der Waals surface area contributed by atoms with Crippen molar-refractivity contribution in [3.05, 3.63) is 71.5 Å². The minimum Gasteiger partial charge on any atom is -0.380 e. The van der Waals surface area contributed by atoms with Crippen LogP contribution in [-0.4, -0.2) is 39.9 Å². The molecule has 0 radical (unpaired) electrons. The number of carbonyl (C=O) groups is 2. The van der Waals surface area contributed by atoms with Gasteiger partial charge in [-0.1, -0.05) is 29.5 Å². The Kier molecular flexibility index (Phi) is 6.88. The summed E-state index contributed by atoms with van der Waals surface area (Å²) in [5.41, 5.74) is -0.359. The largest absolute Gasteiger partial charge is 0.418 e. The average Bonchev–Trinajstić information content (AvgIpc) is 3.48. The third-order valence-corrected chi connectivity index (χ3v) is 5.89. The molecule has 0 saturated carbocycles. The van der Waals surface area contributed by atoms with Gasteiger partial charge in [-0.25, -0.2) is 0 Å². The zero-order valence-corrected chi connectivity index (χ0v) is 18.9. The van der Waals surface area contributed by atoms with E-state index in [-0.39, 0.29) is 42.6 Å². The second-order valence-electron chi connectivity index (χ2n) is 8.51. The monoisotopic (exact) mass is 487 g/mol. The van der Waals surface area contributed by atoms with Crippen LogP contribution in [0, 0.1) is 5.41 Å². The molecule has 1 amide bonds. The summed E-state index contributed by atoms with van der Waals surface area (Å²) in [6, 6.07) is 11.9. The first-order valence-corrected chi connectivity index (χ1v) is 10.9. The van der Waals surface area contributed by atoms with E-state index >= 15 is 0 Å². The van der Waals surface area contributed by atoms with Crippen molar-refractivity contribution in [2.75, 3.05) is 18.5 Å². The molecule has 0 bridgehead atoms. The normalized spacial score (nSPS) is 17.8. The Morgan fingerprint density at radius 3 is 2.51 bits per heavy atom. The van der Waals surface area contributed by atoms with Crippen LogP contribution in [0.1, 0.15) is 34.5 Å². The molecular formula is C24H24F3N5O3. The average molecular weight is 487 g/mol. The van der Waals surface area contributed by atoms with Gasteiger partial charge in [0.05, 0.1) is 29.5 Å². The molecule has 8 nitrogen and oxygen atoms in total. The van der Waals surface area contributed by atoms with Crippen LogP contribution in [-0.2, 0) is 29.3 Å². The number of aromatic nitrogens is 3. The number of aryl methyl sites for hydroxylation is 1. The Bertz CT molecular complexity index is 1200. The minimum atomic E-state index is -4.47. The van der Waals surface area contributed by atoms with E-state index in [0.29, 0.717) is 18.7 Å². The fourth-order valence-electron chi connectivity index (χ4n) is 3.95. The van der Waals surface area contributed by atoms with E-state index in [4.69, 9.17) is 4.74 Å². The van der Waals surface area contributed by atoms with Crippen LogP contribution in [0.4, 0.5) is 24.5 Å².